The van der Waals surface area contributed by atoms with E-state index in [1.165, 1.54) is 0 Å². The van der Waals surface area contributed by atoms with Crippen LogP contribution in [0.3, 0.4) is 0 Å². The maximum atomic E-state index is 12.1. The Hall–Kier alpha value is -1.69. The second kappa shape index (κ2) is 8.24. The number of rotatable bonds is 6. The molecule has 122 valence electrons. The van der Waals surface area contributed by atoms with Crippen LogP contribution in [-0.4, -0.2) is 36.1 Å². The Kier molecular flexibility index (Phi) is 6.33. The number of aliphatic hydroxyl groups is 1. The Balaban J connectivity index is 1.87. The van der Waals surface area contributed by atoms with Crippen molar-refractivity contribution in [2.24, 2.45) is 0 Å². The van der Waals surface area contributed by atoms with Gasteiger partial charge in [0.15, 0.2) is 0 Å². The fourth-order valence-electron chi connectivity index (χ4n) is 2.34. The van der Waals surface area contributed by atoms with Crippen molar-refractivity contribution >= 4 is 27.5 Å². The van der Waals surface area contributed by atoms with Gasteiger partial charge in [-0.05, 0) is 43.3 Å². The van der Waals surface area contributed by atoms with Crippen LogP contribution >= 0.6 is 15.9 Å². The van der Waals surface area contributed by atoms with Gasteiger partial charge in [0.2, 0.25) is 5.91 Å². The molecule has 2 rings (SSSR count). The largest absolute Gasteiger partial charge is 0.387 e. The van der Waals surface area contributed by atoms with E-state index in [0.29, 0.717) is 6.54 Å². The van der Waals surface area contributed by atoms with E-state index in [4.69, 9.17) is 0 Å². The number of benzene rings is 2. The van der Waals surface area contributed by atoms with Crippen LogP contribution < -0.4 is 5.32 Å². The van der Waals surface area contributed by atoms with Gasteiger partial charge in [-0.3, -0.25) is 9.69 Å². The minimum Gasteiger partial charge on any atom is -0.387 e. The van der Waals surface area contributed by atoms with Crippen LogP contribution in [0.15, 0.2) is 53.0 Å². The number of halogens is 1. The van der Waals surface area contributed by atoms with E-state index < -0.39 is 6.10 Å². The molecule has 0 unspecified atom stereocenters. The number of aryl methyl sites for hydroxylation is 1. The number of nitrogens with zero attached hydrogens (tertiary/aromatic N) is 1. The van der Waals surface area contributed by atoms with E-state index in [1.54, 1.807) is 4.90 Å². The molecule has 23 heavy (non-hydrogen) atoms. The van der Waals surface area contributed by atoms with Crippen LogP contribution in [0.1, 0.15) is 17.2 Å². The van der Waals surface area contributed by atoms with E-state index in [1.807, 2.05) is 62.5 Å². The molecule has 1 amide bonds. The molecule has 0 aliphatic rings. The van der Waals surface area contributed by atoms with Crippen LogP contribution in [-0.2, 0) is 4.79 Å². The first-order valence-electron chi connectivity index (χ1n) is 7.43. The smallest absolute Gasteiger partial charge is 0.238 e. The van der Waals surface area contributed by atoms with Crippen LogP contribution in [0, 0.1) is 6.92 Å². The summed E-state index contributed by atoms with van der Waals surface area (Å²) in [6.07, 6.45) is -0.608. The molecule has 0 radical (unpaired) electrons. The molecule has 0 heterocycles. The summed E-state index contributed by atoms with van der Waals surface area (Å²) >= 11 is 3.40. The van der Waals surface area contributed by atoms with Gasteiger partial charge >= 0.3 is 0 Å². The Bertz CT molecular complexity index is 661. The van der Waals surface area contributed by atoms with E-state index >= 15 is 0 Å². The second-order valence-corrected chi connectivity index (χ2v) is 6.55. The molecule has 2 N–H and O–H groups in total. The van der Waals surface area contributed by atoms with Crippen LogP contribution in [0.25, 0.3) is 0 Å². The maximum Gasteiger partial charge on any atom is 0.238 e. The molecular weight excluding hydrogens is 356 g/mol. The predicted octanol–water partition coefficient (Wildman–Crippen LogP) is 3.36. The number of nitrogens with one attached hydrogen (secondary N) is 1. The van der Waals surface area contributed by atoms with Crippen molar-refractivity contribution in [3.63, 3.8) is 0 Å². The van der Waals surface area contributed by atoms with Gasteiger partial charge in [-0.2, -0.15) is 0 Å². The third-order valence-electron chi connectivity index (χ3n) is 3.55. The highest BCUT2D eigenvalue weighted by Crippen LogP contribution is 2.20. The standard InChI is InChI=1S/C18H21BrN2O2/c1-13-10-15(19)8-9-16(13)20-18(23)12-21(2)11-17(22)14-6-4-3-5-7-14/h3-10,17,22H,11-12H2,1-2H3,(H,20,23)/t17-/m0/s1. The minimum atomic E-state index is -0.608. The first-order chi connectivity index (χ1) is 11.0. The van der Waals surface area contributed by atoms with Gasteiger partial charge in [-0.1, -0.05) is 46.3 Å². The first kappa shape index (κ1) is 17.7. The fraction of sp³-hybridized carbons (Fsp3) is 0.278. The van der Waals surface area contributed by atoms with E-state index in [-0.39, 0.29) is 12.5 Å². The summed E-state index contributed by atoms with van der Waals surface area (Å²) in [5.41, 5.74) is 2.65. The number of hydrogen-bond acceptors (Lipinski definition) is 3. The predicted molar refractivity (Wildman–Crippen MR) is 96.4 cm³/mol. The SMILES string of the molecule is Cc1cc(Br)ccc1NC(=O)CN(C)C[C@H](O)c1ccccc1. The third-order valence-corrected chi connectivity index (χ3v) is 4.04. The average molecular weight is 377 g/mol. The lowest BCUT2D eigenvalue weighted by Gasteiger charge is -2.20. The minimum absolute atomic E-state index is 0.0989. The van der Waals surface area contributed by atoms with Gasteiger partial charge < -0.3 is 10.4 Å². The molecule has 0 fully saturated rings. The highest BCUT2D eigenvalue weighted by atomic mass is 79.9. The van der Waals surface area contributed by atoms with E-state index in [0.717, 1.165) is 21.3 Å². The van der Waals surface area contributed by atoms with Gasteiger partial charge in [-0.25, -0.2) is 0 Å². The zero-order valence-corrected chi connectivity index (χ0v) is 14.9. The van der Waals surface area contributed by atoms with Gasteiger partial charge in [0.1, 0.15) is 0 Å². The average Bonchev–Trinajstić information content (AvgIpc) is 2.50. The lowest BCUT2D eigenvalue weighted by atomic mass is 10.1. The highest BCUT2D eigenvalue weighted by Gasteiger charge is 2.13. The zero-order valence-electron chi connectivity index (χ0n) is 13.3. The molecule has 0 aliphatic carbocycles. The van der Waals surface area contributed by atoms with Gasteiger partial charge in [0.05, 0.1) is 12.6 Å². The van der Waals surface area contributed by atoms with Crippen molar-refractivity contribution in [3.8, 4) is 0 Å². The van der Waals surface area contributed by atoms with Crippen molar-refractivity contribution in [3.05, 3.63) is 64.1 Å². The molecule has 0 aliphatic heterocycles. The Morgan fingerprint density at radius 3 is 2.61 bits per heavy atom. The lowest BCUT2D eigenvalue weighted by molar-refractivity contribution is -0.117. The van der Waals surface area contributed by atoms with Crippen molar-refractivity contribution in [2.75, 3.05) is 25.5 Å². The molecule has 5 heteroatoms. The quantitative estimate of drug-likeness (QED) is 0.812. The zero-order chi connectivity index (χ0) is 16.8. The van der Waals surface area contributed by atoms with Gasteiger partial charge in [-0.15, -0.1) is 0 Å². The van der Waals surface area contributed by atoms with Crippen molar-refractivity contribution < 1.29 is 9.90 Å². The summed E-state index contributed by atoms with van der Waals surface area (Å²) in [5.74, 6) is -0.0989. The van der Waals surface area contributed by atoms with Crippen molar-refractivity contribution in [1.82, 2.24) is 4.90 Å². The topological polar surface area (TPSA) is 52.6 Å². The van der Waals surface area contributed by atoms with Crippen LogP contribution in [0.5, 0.6) is 0 Å². The molecule has 0 bridgehead atoms. The number of carbonyl (C=O) groups is 1. The Morgan fingerprint density at radius 2 is 1.96 bits per heavy atom. The normalized spacial score (nSPS) is 12.2. The summed E-state index contributed by atoms with van der Waals surface area (Å²) in [6, 6.07) is 15.2. The fourth-order valence-corrected chi connectivity index (χ4v) is 2.82. The summed E-state index contributed by atoms with van der Waals surface area (Å²) in [5, 5.41) is 13.1. The monoisotopic (exact) mass is 376 g/mol. The number of amides is 1. The van der Waals surface area contributed by atoms with Crippen LogP contribution in [0.4, 0.5) is 5.69 Å². The maximum absolute atomic E-state index is 12.1. The molecular formula is C18H21BrN2O2. The van der Waals surface area contributed by atoms with Gasteiger partial charge in [0.25, 0.3) is 0 Å². The second-order valence-electron chi connectivity index (χ2n) is 5.63. The molecule has 0 aromatic heterocycles. The van der Waals surface area contributed by atoms with Crippen LogP contribution in [0.2, 0.25) is 0 Å². The molecule has 4 nitrogen and oxygen atoms in total. The molecule has 1 atom stereocenters. The number of aliphatic hydroxyl groups excluding tert-OH is 1. The van der Waals surface area contributed by atoms with Crippen molar-refractivity contribution in [2.45, 2.75) is 13.0 Å². The highest BCUT2D eigenvalue weighted by molar-refractivity contribution is 9.10. The lowest BCUT2D eigenvalue weighted by Crippen LogP contribution is -2.33. The summed E-state index contributed by atoms with van der Waals surface area (Å²) in [7, 11) is 1.82. The number of likely N-dealkylation sites (N-methyl/N-ethyl adjacent to an activating group) is 1. The summed E-state index contributed by atoms with van der Waals surface area (Å²) in [6.45, 7) is 2.57. The Labute approximate surface area is 145 Å². The van der Waals surface area contributed by atoms with E-state index in [9.17, 15) is 9.90 Å². The molecule has 0 spiro atoms. The van der Waals surface area contributed by atoms with Crippen molar-refractivity contribution in [1.29, 1.82) is 0 Å². The number of hydrogen-bond donors (Lipinski definition) is 2. The molecule has 2 aromatic carbocycles. The molecule has 2 aromatic rings. The summed E-state index contributed by atoms with van der Waals surface area (Å²) < 4.78 is 0.983. The molecule has 0 saturated carbocycles. The number of carbonyl (C=O) groups excluding carboxylic acids is 1. The number of anilines is 1. The third kappa shape index (κ3) is 5.46. The van der Waals surface area contributed by atoms with Gasteiger partial charge in [0, 0.05) is 16.7 Å². The van der Waals surface area contributed by atoms with E-state index in [2.05, 4.69) is 21.2 Å². The summed E-state index contributed by atoms with van der Waals surface area (Å²) in [4.78, 5) is 13.9. The Morgan fingerprint density at radius 1 is 1.26 bits per heavy atom. The first-order valence-corrected chi connectivity index (χ1v) is 8.22. The molecule has 0 saturated heterocycles.